The SMILES string of the molecule is CC1(C)CCCC(N2CCNCC2C(N)=O)C1. The molecule has 98 valence electrons. The fourth-order valence-corrected chi connectivity index (χ4v) is 3.36. The van der Waals surface area contributed by atoms with E-state index in [9.17, 15) is 4.79 Å². The third kappa shape index (κ3) is 2.99. The lowest BCUT2D eigenvalue weighted by atomic mass is 9.74. The predicted octanol–water partition coefficient (Wildman–Crippen LogP) is 0.714. The first-order chi connectivity index (χ1) is 7.99. The average molecular weight is 239 g/mol. The van der Waals surface area contributed by atoms with E-state index >= 15 is 0 Å². The number of hydrogen-bond acceptors (Lipinski definition) is 3. The zero-order valence-electron chi connectivity index (χ0n) is 11.0. The molecule has 0 aromatic carbocycles. The van der Waals surface area contributed by atoms with Gasteiger partial charge in [0.15, 0.2) is 0 Å². The smallest absolute Gasteiger partial charge is 0.236 e. The third-order valence-electron chi connectivity index (χ3n) is 4.26. The minimum atomic E-state index is -0.180. The van der Waals surface area contributed by atoms with Gasteiger partial charge in [0.2, 0.25) is 5.91 Å². The summed E-state index contributed by atoms with van der Waals surface area (Å²) in [5.74, 6) is -0.180. The van der Waals surface area contributed by atoms with Crippen LogP contribution in [0.4, 0.5) is 0 Å². The number of nitrogens with one attached hydrogen (secondary N) is 1. The third-order valence-corrected chi connectivity index (χ3v) is 4.26. The largest absolute Gasteiger partial charge is 0.368 e. The Balaban J connectivity index is 2.05. The number of nitrogens with two attached hydrogens (primary N) is 1. The number of amides is 1. The quantitative estimate of drug-likeness (QED) is 0.746. The van der Waals surface area contributed by atoms with Crippen molar-refractivity contribution in [3.05, 3.63) is 0 Å². The molecular formula is C13H25N3O. The highest BCUT2D eigenvalue weighted by Crippen LogP contribution is 2.37. The summed E-state index contributed by atoms with van der Waals surface area (Å²) in [7, 11) is 0. The van der Waals surface area contributed by atoms with Crippen LogP contribution < -0.4 is 11.1 Å². The summed E-state index contributed by atoms with van der Waals surface area (Å²) in [6.45, 7) is 7.31. The van der Waals surface area contributed by atoms with Crippen molar-refractivity contribution >= 4 is 5.91 Å². The van der Waals surface area contributed by atoms with E-state index in [0.29, 0.717) is 18.0 Å². The average Bonchev–Trinajstić information content (AvgIpc) is 2.27. The number of carbonyl (C=O) groups excluding carboxylic acids is 1. The van der Waals surface area contributed by atoms with Gasteiger partial charge in [0.25, 0.3) is 0 Å². The molecular weight excluding hydrogens is 214 g/mol. The van der Waals surface area contributed by atoms with Crippen LogP contribution in [0.1, 0.15) is 39.5 Å². The van der Waals surface area contributed by atoms with Crippen LogP contribution in [0.5, 0.6) is 0 Å². The molecule has 2 unspecified atom stereocenters. The van der Waals surface area contributed by atoms with E-state index < -0.39 is 0 Å². The van der Waals surface area contributed by atoms with Crippen molar-refractivity contribution < 1.29 is 4.79 Å². The summed E-state index contributed by atoms with van der Waals surface area (Å²) in [4.78, 5) is 13.9. The Morgan fingerprint density at radius 3 is 2.88 bits per heavy atom. The van der Waals surface area contributed by atoms with E-state index in [1.807, 2.05) is 0 Å². The van der Waals surface area contributed by atoms with Gasteiger partial charge in [0.1, 0.15) is 6.04 Å². The molecule has 1 aliphatic carbocycles. The van der Waals surface area contributed by atoms with E-state index in [2.05, 4.69) is 24.1 Å². The second-order valence-electron chi connectivity index (χ2n) is 6.27. The van der Waals surface area contributed by atoms with Crippen LogP contribution in [-0.4, -0.2) is 42.5 Å². The molecule has 0 bridgehead atoms. The highest BCUT2D eigenvalue weighted by Gasteiger charge is 2.37. The second-order valence-corrected chi connectivity index (χ2v) is 6.27. The van der Waals surface area contributed by atoms with Gasteiger partial charge in [-0.2, -0.15) is 0 Å². The molecule has 2 fully saturated rings. The normalized spacial score (nSPS) is 34.5. The summed E-state index contributed by atoms with van der Waals surface area (Å²) >= 11 is 0. The maximum absolute atomic E-state index is 11.5. The number of primary amides is 1. The zero-order chi connectivity index (χ0) is 12.5. The number of piperazine rings is 1. The number of rotatable bonds is 2. The van der Waals surface area contributed by atoms with Crippen LogP contribution in [-0.2, 0) is 4.79 Å². The monoisotopic (exact) mass is 239 g/mol. The Hall–Kier alpha value is -0.610. The molecule has 0 aromatic heterocycles. The van der Waals surface area contributed by atoms with Crippen LogP contribution in [0.2, 0.25) is 0 Å². The van der Waals surface area contributed by atoms with Crippen molar-refractivity contribution in [2.75, 3.05) is 19.6 Å². The van der Waals surface area contributed by atoms with Gasteiger partial charge >= 0.3 is 0 Å². The molecule has 4 heteroatoms. The molecule has 2 rings (SSSR count). The first kappa shape index (κ1) is 12.8. The van der Waals surface area contributed by atoms with E-state index in [1.54, 1.807) is 0 Å². The van der Waals surface area contributed by atoms with Gasteiger partial charge in [-0.15, -0.1) is 0 Å². The molecule has 0 aromatic rings. The van der Waals surface area contributed by atoms with Gasteiger partial charge < -0.3 is 11.1 Å². The fraction of sp³-hybridized carbons (Fsp3) is 0.923. The first-order valence-corrected chi connectivity index (χ1v) is 6.75. The zero-order valence-corrected chi connectivity index (χ0v) is 11.0. The Morgan fingerprint density at radius 1 is 1.47 bits per heavy atom. The highest BCUT2D eigenvalue weighted by molar-refractivity contribution is 5.80. The molecule has 0 spiro atoms. The van der Waals surface area contributed by atoms with Gasteiger partial charge in [-0.1, -0.05) is 20.3 Å². The van der Waals surface area contributed by atoms with Crippen molar-refractivity contribution in [1.29, 1.82) is 0 Å². The van der Waals surface area contributed by atoms with Crippen molar-refractivity contribution in [1.82, 2.24) is 10.2 Å². The van der Waals surface area contributed by atoms with E-state index in [1.165, 1.54) is 25.7 Å². The maximum Gasteiger partial charge on any atom is 0.236 e. The van der Waals surface area contributed by atoms with E-state index in [-0.39, 0.29) is 11.9 Å². The standard InChI is InChI=1S/C13H25N3O/c1-13(2)5-3-4-10(8-13)16-7-6-15-9-11(16)12(14)17/h10-11,15H,3-9H2,1-2H3,(H2,14,17). The molecule has 0 radical (unpaired) electrons. The molecule has 3 N–H and O–H groups in total. The van der Waals surface area contributed by atoms with Crippen LogP contribution in [0.15, 0.2) is 0 Å². The van der Waals surface area contributed by atoms with Gasteiger partial charge in [0.05, 0.1) is 0 Å². The summed E-state index contributed by atoms with van der Waals surface area (Å²) in [6, 6.07) is 0.431. The molecule has 1 saturated heterocycles. The number of hydrogen-bond donors (Lipinski definition) is 2. The van der Waals surface area contributed by atoms with Gasteiger partial charge in [-0.25, -0.2) is 0 Å². The van der Waals surface area contributed by atoms with Crippen molar-refractivity contribution in [2.24, 2.45) is 11.1 Å². The first-order valence-electron chi connectivity index (χ1n) is 6.75. The van der Waals surface area contributed by atoms with Crippen molar-refractivity contribution in [2.45, 2.75) is 51.6 Å². The Bertz CT molecular complexity index is 290. The number of nitrogens with zero attached hydrogens (tertiary/aromatic N) is 1. The minimum Gasteiger partial charge on any atom is -0.368 e. The molecule has 1 heterocycles. The Kier molecular flexibility index (Phi) is 3.73. The van der Waals surface area contributed by atoms with Gasteiger partial charge in [0, 0.05) is 25.7 Å². The summed E-state index contributed by atoms with van der Waals surface area (Å²) < 4.78 is 0. The summed E-state index contributed by atoms with van der Waals surface area (Å²) in [6.07, 6.45) is 4.98. The Labute approximate surface area is 104 Å². The van der Waals surface area contributed by atoms with E-state index in [0.717, 1.165) is 13.1 Å². The Morgan fingerprint density at radius 2 is 2.24 bits per heavy atom. The molecule has 17 heavy (non-hydrogen) atoms. The topological polar surface area (TPSA) is 58.4 Å². The predicted molar refractivity (Wildman–Crippen MR) is 68.6 cm³/mol. The highest BCUT2D eigenvalue weighted by atomic mass is 16.1. The molecule has 2 atom stereocenters. The second kappa shape index (κ2) is 4.94. The van der Waals surface area contributed by atoms with Crippen LogP contribution >= 0.6 is 0 Å². The van der Waals surface area contributed by atoms with Gasteiger partial charge in [-0.3, -0.25) is 9.69 Å². The lowest BCUT2D eigenvalue weighted by Crippen LogP contribution is -2.60. The fourth-order valence-electron chi connectivity index (χ4n) is 3.36. The molecule has 1 saturated carbocycles. The lowest BCUT2D eigenvalue weighted by molar-refractivity contribution is -0.125. The lowest BCUT2D eigenvalue weighted by Gasteiger charge is -2.45. The van der Waals surface area contributed by atoms with Crippen molar-refractivity contribution in [3.63, 3.8) is 0 Å². The molecule has 4 nitrogen and oxygen atoms in total. The summed E-state index contributed by atoms with van der Waals surface area (Å²) in [5.41, 5.74) is 5.92. The van der Waals surface area contributed by atoms with Crippen LogP contribution in [0, 0.1) is 5.41 Å². The molecule has 1 aliphatic heterocycles. The number of carbonyl (C=O) groups is 1. The minimum absolute atomic E-state index is 0.109. The summed E-state index contributed by atoms with van der Waals surface area (Å²) in [5, 5.41) is 3.26. The van der Waals surface area contributed by atoms with Crippen molar-refractivity contribution in [3.8, 4) is 0 Å². The van der Waals surface area contributed by atoms with E-state index in [4.69, 9.17) is 5.73 Å². The molecule has 2 aliphatic rings. The maximum atomic E-state index is 11.5. The molecule has 1 amide bonds. The van der Waals surface area contributed by atoms with Crippen LogP contribution in [0.3, 0.4) is 0 Å². The van der Waals surface area contributed by atoms with Gasteiger partial charge in [-0.05, 0) is 24.7 Å². The van der Waals surface area contributed by atoms with Crippen LogP contribution in [0.25, 0.3) is 0 Å².